The van der Waals surface area contributed by atoms with Crippen LogP contribution in [0.25, 0.3) is 0 Å². The van der Waals surface area contributed by atoms with Crippen molar-refractivity contribution in [1.82, 2.24) is 4.90 Å². The molecule has 1 aliphatic heterocycles. The van der Waals surface area contributed by atoms with Gasteiger partial charge in [0, 0.05) is 24.2 Å². The Bertz CT molecular complexity index is 766. The molecule has 1 fully saturated rings. The second kappa shape index (κ2) is 7.32. The van der Waals surface area contributed by atoms with E-state index >= 15 is 0 Å². The van der Waals surface area contributed by atoms with Gasteiger partial charge in [0.2, 0.25) is 11.8 Å². The molecule has 1 aliphatic rings. The number of hydrogen-bond acceptors (Lipinski definition) is 2. The van der Waals surface area contributed by atoms with Crippen LogP contribution in [0.5, 0.6) is 0 Å². The molecule has 26 heavy (non-hydrogen) atoms. The normalized spacial score (nSPS) is 17.4. The second-order valence-corrected chi connectivity index (χ2v) is 7.82. The maximum Gasteiger partial charge on any atom is 0.232 e. The fourth-order valence-corrected chi connectivity index (χ4v) is 3.41. The van der Waals surface area contributed by atoms with Gasteiger partial charge >= 0.3 is 0 Å². The van der Waals surface area contributed by atoms with Crippen molar-refractivity contribution >= 4 is 17.5 Å². The van der Waals surface area contributed by atoms with E-state index in [0.717, 1.165) is 11.3 Å². The summed E-state index contributed by atoms with van der Waals surface area (Å²) >= 11 is 0. The van der Waals surface area contributed by atoms with Gasteiger partial charge < -0.3 is 9.80 Å². The van der Waals surface area contributed by atoms with E-state index in [9.17, 15) is 9.59 Å². The number of likely N-dealkylation sites (tertiary alicyclic amines) is 1. The fraction of sp³-hybridized carbons (Fsp3) is 0.364. The predicted molar refractivity (Wildman–Crippen MR) is 104 cm³/mol. The van der Waals surface area contributed by atoms with Crippen molar-refractivity contribution in [3.8, 4) is 0 Å². The molecule has 2 aromatic rings. The van der Waals surface area contributed by atoms with Gasteiger partial charge in [0.05, 0.1) is 12.5 Å². The highest BCUT2D eigenvalue weighted by atomic mass is 16.2. The Kier molecular flexibility index (Phi) is 5.12. The zero-order chi connectivity index (χ0) is 18.7. The number of carbonyl (C=O) groups is 2. The largest absolute Gasteiger partial charge is 0.337 e. The van der Waals surface area contributed by atoms with Crippen LogP contribution in [0.3, 0.4) is 0 Å². The Morgan fingerprint density at radius 2 is 1.62 bits per heavy atom. The molecule has 1 saturated heterocycles. The number of para-hydroxylation sites is 1. The molecule has 0 radical (unpaired) electrons. The summed E-state index contributed by atoms with van der Waals surface area (Å²) in [6.45, 7) is 7.02. The van der Waals surface area contributed by atoms with Crippen molar-refractivity contribution in [2.45, 2.75) is 39.3 Å². The third-order valence-electron chi connectivity index (χ3n) is 4.80. The van der Waals surface area contributed by atoms with Crippen molar-refractivity contribution in [1.29, 1.82) is 0 Å². The van der Waals surface area contributed by atoms with Crippen LogP contribution in [0.4, 0.5) is 5.69 Å². The van der Waals surface area contributed by atoms with E-state index in [-0.39, 0.29) is 29.7 Å². The molecule has 0 N–H and O–H groups in total. The summed E-state index contributed by atoms with van der Waals surface area (Å²) in [4.78, 5) is 29.3. The quantitative estimate of drug-likeness (QED) is 0.840. The lowest BCUT2D eigenvalue weighted by Crippen LogP contribution is -2.43. The van der Waals surface area contributed by atoms with Gasteiger partial charge in [-0.05, 0) is 38.5 Å². The van der Waals surface area contributed by atoms with Crippen LogP contribution in [-0.4, -0.2) is 28.8 Å². The monoisotopic (exact) mass is 350 g/mol. The molecule has 0 saturated carbocycles. The Hall–Kier alpha value is -2.62. The Balaban J connectivity index is 1.85. The van der Waals surface area contributed by atoms with Crippen molar-refractivity contribution in [3.63, 3.8) is 0 Å². The lowest BCUT2D eigenvalue weighted by molar-refractivity contribution is -0.131. The maximum atomic E-state index is 13.3. The lowest BCUT2D eigenvalue weighted by atomic mass is 10.0. The molecule has 1 atom stereocenters. The molecule has 4 nitrogen and oxygen atoms in total. The summed E-state index contributed by atoms with van der Waals surface area (Å²) in [5.41, 5.74) is 1.67. The third kappa shape index (κ3) is 3.96. The minimum Gasteiger partial charge on any atom is -0.337 e. The van der Waals surface area contributed by atoms with Crippen LogP contribution >= 0.6 is 0 Å². The summed E-state index contributed by atoms with van der Waals surface area (Å²) in [5, 5.41) is 0. The highest BCUT2D eigenvalue weighted by Gasteiger charge is 2.41. The van der Waals surface area contributed by atoms with Gasteiger partial charge in [0.1, 0.15) is 0 Å². The number of amides is 2. The fourth-order valence-electron chi connectivity index (χ4n) is 3.41. The van der Waals surface area contributed by atoms with Gasteiger partial charge in [-0.1, -0.05) is 48.5 Å². The van der Waals surface area contributed by atoms with Crippen LogP contribution in [0.2, 0.25) is 0 Å². The Labute approximate surface area is 155 Å². The zero-order valence-electron chi connectivity index (χ0n) is 15.7. The summed E-state index contributed by atoms with van der Waals surface area (Å²) in [5.74, 6) is -0.227. The van der Waals surface area contributed by atoms with E-state index in [1.807, 2.05) is 86.3 Å². The van der Waals surface area contributed by atoms with Crippen molar-refractivity contribution in [2.24, 2.45) is 5.92 Å². The molecular formula is C22H26N2O2. The second-order valence-electron chi connectivity index (χ2n) is 7.82. The molecular weight excluding hydrogens is 324 g/mol. The minimum atomic E-state index is -0.300. The van der Waals surface area contributed by atoms with Crippen molar-refractivity contribution < 1.29 is 9.59 Å². The van der Waals surface area contributed by atoms with Crippen LogP contribution in [0.15, 0.2) is 60.7 Å². The maximum absolute atomic E-state index is 13.3. The molecule has 2 aromatic carbocycles. The van der Waals surface area contributed by atoms with Gasteiger partial charge in [-0.2, -0.15) is 0 Å². The standard InChI is InChI=1S/C22H26N2O2/c1-22(2,3)24-16-18(14-20(24)25)21(26)23(19-12-8-5-9-13-19)15-17-10-6-4-7-11-17/h4-13,18H,14-16H2,1-3H3. The SMILES string of the molecule is CC(C)(C)N1CC(C(=O)N(Cc2ccccc2)c2ccccc2)CC1=O. The molecule has 0 aliphatic carbocycles. The summed E-state index contributed by atoms with van der Waals surface area (Å²) in [6, 6.07) is 19.6. The van der Waals surface area contributed by atoms with Gasteiger partial charge in [-0.25, -0.2) is 0 Å². The molecule has 2 amide bonds. The summed E-state index contributed by atoms with van der Waals surface area (Å²) in [7, 11) is 0. The molecule has 0 aromatic heterocycles. The average Bonchev–Trinajstić information content (AvgIpc) is 3.03. The summed E-state index contributed by atoms with van der Waals surface area (Å²) < 4.78 is 0. The highest BCUT2D eigenvalue weighted by Crippen LogP contribution is 2.29. The molecule has 1 heterocycles. The van der Waals surface area contributed by atoms with E-state index in [1.165, 1.54) is 0 Å². The molecule has 0 bridgehead atoms. The molecule has 4 heteroatoms. The highest BCUT2D eigenvalue weighted by molar-refractivity contribution is 5.99. The zero-order valence-corrected chi connectivity index (χ0v) is 15.7. The molecule has 1 unspecified atom stereocenters. The predicted octanol–water partition coefficient (Wildman–Crippen LogP) is 3.87. The van der Waals surface area contributed by atoms with Gasteiger partial charge in [-0.3, -0.25) is 9.59 Å². The molecule has 136 valence electrons. The first-order chi connectivity index (χ1) is 12.4. The van der Waals surface area contributed by atoms with Gasteiger partial charge in [0.15, 0.2) is 0 Å². The number of rotatable bonds is 4. The first kappa shape index (κ1) is 18.2. The van der Waals surface area contributed by atoms with Crippen LogP contribution < -0.4 is 4.90 Å². The van der Waals surface area contributed by atoms with Gasteiger partial charge in [0.25, 0.3) is 0 Å². The molecule has 0 spiro atoms. The smallest absolute Gasteiger partial charge is 0.232 e. The van der Waals surface area contributed by atoms with E-state index in [1.54, 1.807) is 4.90 Å². The first-order valence-corrected chi connectivity index (χ1v) is 9.07. The average molecular weight is 350 g/mol. The Morgan fingerprint density at radius 1 is 1.04 bits per heavy atom. The van der Waals surface area contributed by atoms with E-state index in [4.69, 9.17) is 0 Å². The molecule has 3 rings (SSSR count). The van der Waals surface area contributed by atoms with Crippen molar-refractivity contribution in [3.05, 3.63) is 66.2 Å². The van der Waals surface area contributed by atoms with E-state index in [2.05, 4.69) is 0 Å². The van der Waals surface area contributed by atoms with Gasteiger partial charge in [-0.15, -0.1) is 0 Å². The number of carbonyl (C=O) groups excluding carboxylic acids is 2. The van der Waals surface area contributed by atoms with Crippen LogP contribution in [-0.2, 0) is 16.1 Å². The van der Waals surface area contributed by atoms with Crippen molar-refractivity contribution in [2.75, 3.05) is 11.4 Å². The van der Waals surface area contributed by atoms with E-state index < -0.39 is 0 Å². The minimum absolute atomic E-state index is 0.0140. The number of benzene rings is 2. The summed E-state index contributed by atoms with van der Waals surface area (Å²) in [6.07, 6.45) is 0.286. The lowest BCUT2D eigenvalue weighted by Gasteiger charge is -2.32. The van der Waals surface area contributed by atoms with Crippen LogP contribution in [0, 0.1) is 5.92 Å². The van der Waals surface area contributed by atoms with E-state index in [0.29, 0.717) is 13.1 Å². The Morgan fingerprint density at radius 3 is 2.15 bits per heavy atom. The first-order valence-electron chi connectivity index (χ1n) is 9.07. The van der Waals surface area contributed by atoms with Crippen LogP contribution in [0.1, 0.15) is 32.8 Å². The number of nitrogens with zero attached hydrogens (tertiary/aromatic N) is 2. The topological polar surface area (TPSA) is 40.6 Å². The number of hydrogen-bond donors (Lipinski definition) is 0. The number of anilines is 1. The third-order valence-corrected chi connectivity index (χ3v) is 4.80.